The molecule has 2 saturated heterocycles. The molecule has 0 saturated carbocycles. The van der Waals surface area contributed by atoms with E-state index in [4.69, 9.17) is 0 Å². The lowest BCUT2D eigenvalue weighted by Gasteiger charge is -2.30. The summed E-state index contributed by atoms with van der Waals surface area (Å²) in [6, 6.07) is 0. The molecule has 112 valence electrons. The molecule has 4 nitrogen and oxygen atoms in total. The number of carbonyl (C=O) groups is 1. The third-order valence-corrected chi connectivity index (χ3v) is 4.23. The van der Waals surface area contributed by atoms with Crippen LogP contribution < -0.4 is 10.6 Å². The summed E-state index contributed by atoms with van der Waals surface area (Å²) in [5.74, 6) is 1.66. The molecule has 19 heavy (non-hydrogen) atoms. The largest absolute Gasteiger partial charge is 0.355 e. The molecule has 0 aromatic carbocycles. The monoisotopic (exact) mass is 289 g/mol. The smallest absolute Gasteiger partial charge is 0.234 e. The molecule has 1 atom stereocenters. The van der Waals surface area contributed by atoms with E-state index in [-0.39, 0.29) is 18.3 Å². The summed E-state index contributed by atoms with van der Waals surface area (Å²) in [6.45, 7) is 8.09. The predicted octanol–water partition coefficient (Wildman–Crippen LogP) is 1.26. The predicted molar refractivity (Wildman–Crippen MR) is 80.7 cm³/mol. The summed E-state index contributed by atoms with van der Waals surface area (Å²) in [5.41, 5.74) is 0. The zero-order valence-electron chi connectivity index (χ0n) is 12.0. The highest BCUT2D eigenvalue weighted by Crippen LogP contribution is 2.15. The van der Waals surface area contributed by atoms with Crippen molar-refractivity contribution in [1.29, 1.82) is 0 Å². The minimum Gasteiger partial charge on any atom is -0.355 e. The van der Waals surface area contributed by atoms with Gasteiger partial charge in [-0.2, -0.15) is 0 Å². The molecule has 0 spiro atoms. The van der Waals surface area contributed by atoms with Crippen molar-refractivity contribution in [2.24, 2.45) is 11.8 Å². The minimum absolute atomic E-state index is 0. The zero-order valence-corrected chi connectivity index (χ0v) is 12.8. The molecule has 0 bridgehead atoms. The summed E-state index contributed by atoms with van der Waals surface area (Å²) >= 11 is 0. The van der Waals surface area contributed by atoms with E-state index < -0.39 is 0 Å². The summed E-state index contributed by atoms with van der Waals surface area (Å²) in [4.78, 5) is 14.1. The molecule has 2 aliphatic heterocycles. The number of amides is 1. The molecule has 2 aliphatic rings. The number of nitrogens with one attached hydrogen (secondary N) is 2. The van der Waals surface area contributed by atoms with Crippen LogP contribution in [0.4, 0.5) is 0 Å². The summed E-state index contributed by atoms with van der Waals surface area (Å²) in [7, 11) is 0. The molecule has 1 unspecified atom stereocenters. The molecule has 0 aliphatic carbocycles. The molecular formula is C14H28ClN3O. The molecule has 2 rings (SSSR count). The minimum atomic E-state index is 0. The average Bonchev–Trinajstić information content (AvgIpc) is 2.40. The van der Waals surface area contributed by atoms with E-state index in [1.807, 2.05) is 0 Å². The van der Waals surface area contributed by atoms with Crippen LogP contribution >= 0.6 is 12.4 Å². The molecule has 0 radical (unpaired) electrons. The van der Waals surface area contributed by atoms with Gasteiger partial charge >= 0.3 is 0 Å². The summed E-state index contributed by atoms with van der Waals surface area (Å²) in [5, 5.41) is 6.47. The first kappa shape index (κ1) is 16.7. The Labute approximate surface area is 123 Å². The molecule has 2 heterocycles. The number of nitrogens with zero attached hydrogens (tertiary/aromatic N) is 1. The number of rotatable bonds is 4. The summed E-state index contributed by atoms with van der Waals surface area (Å²) in [6.07, 6.45) is 4.96. The maximum absolute atomic E-state index is 11.9. The molecular weight excluding hydrogens is 262 g/mol. The van der Waals surface area contributed by atoms with Crippen LogP contribution in [-0.2, 0) is 4.79 Å². The lowest BCUT2D eigenvalue weighted by molar-refractivity contribution is -0.122. The van der Waals surface area contributed by atoms with Crippen LogP contribution in [0.2, 0.25) is 0 Å². The molecule has 2 N–H and O–H groups in total. The van der Waals surface area contributed by atoms with Crippen molar-refractivity contribution in [3.8, 4) is 0 Å². The first-order valence-electron chi connectivity index (χ1n) is 7.44. The van der Waals surface area contributed by atoms with Gasteiger partial charge in [0.2, 0.25) is 5.91 Å². The van der Waals surface area contributed by atoms with Crippen LogP contribution in [0.25, 0.3) is 0 Å². The lowest BCUT2D eigenvalue weighted by atomic mass is 9.99. The third kappa shape index (κ3) is 6.11. The first-order chi connectivity index (χ1) is 8.74. The number of hydrogen-bond acceptors (Lipinski definition) is 3. The Balaban J connectivity index is 0.00000180. The molecule has 1 amide bonds. The topological polar surface area (TPSA) is 44.4 Å². The summed E-state index contributed by atoms with van der Waals surface area (Å²) < 4.78 is 0. The van der Waals surface area contributed by atoms with Gasteiger partial charge in [0.15, 0.2) is 0 Å². The molecule has 2 fully saturated rings. The van der Waals surface area contributed by atoms with E-state index in [2.05, 4.69) is 22.5 Å². The van der Waals surface area contributed by atoms with E-state index in [1.165, 1.54) is 25.7 Å². The highest BCUT2D eigenvalue weighted by atomic mass is 35.5. The second-order valence-electron chi connectivity index (χ2n) is 5.98. The van der Waals surface area contributed by atoms with Gasteiger partial charge in [0.1, 0.15) is 0 Å². The van der Waals surface area contributed by atoms with Crippen LogP contribution in [0.3, 0.4) is 0 Å². The van der Waals surface area contributed by atoms with E-state index >= 15 is 0 Å². The highest BCUT2D eigenvalue weighted by molar-refractivity contribution is 5.85. The fourth-order valence-electron chi connectivity index (χ4n) is 2.84. The van der Waals surface area contributed by atoms with Crippen LogP contribution in [0.15, 0.2) is 0 Å². The van der Waals surface area contributed by atoms with Crippen molar-refractivity contribution in [2.45, 2.75) is 32.6 Å². The second kappa shape index (κ2) is 8.77. The lowest BCUT2D eigenvalue weighted by Crippen LogP contribution is -2.44. The fraction of sp³-hybridized carbons (Fsp3) is 0.929. The van der Waals surface area contributed by atoms with E-state index in [9.17, 15) is 4.79 Å². The van der Waals surface area contributed by atoms with Crippen molar-refractivity contribution in [3.05, 3.63) is 0 Å². The van der Waals surface area contributed by atoms with Gasteiger partial charge in [-0.25, -0.2) is 0 Å². The normalized spacial score (nSPS) is 25.6. The van der Waals surface area contributed by atoms with E-state index in [1.54, 1.807) is 0 Å². The second-order valence-corrected chi connectivity index (χ2v) is 5.98. The molecule has 0 aromatic rings. The van der Waals surface area contributed by atoms with Gasteiger partial charge in [0.25, 0.3) is 0 Å². The van der Waals surface area contributed by atoms with Crippen molar-refractivity contribution in [2.75, 3.05) is 39.3 Å². The van der Waals surface area contributed by atoms with Gasteiger partial charge in [-0.05, 0) is 63.7 Å². The van der Waals surface area contributed by atoms with Crippen molar-refractivity contribution in [3.63, 3.8) is 0 Å². The van der Waals surface area contributed by atoms with Crippen molar-refractivity contribution >= 4 is 18.3 Å². The molecule has 5 heteroatoms. The van der Waals surface area contributed by atoms with Gasteiger partial charge < -0.3 is 10.6 Å². The SMILES string of the molecule is CC1CCN(CC(=O)NCC2CCCNC2)CC1.Cl. The van der Waals surface area contributed by atoms with Gasteiger partial charge in [0.05, 0.1) is 6.54 Å². The quantitative estimate of drug-likeness (QED) is 0.819. The van der Waals surface area contributed by atoms with Crippen LogP contribution in [0.1, 0.15) is 32.6 Å². The average molecular weight is 290 g/mol. The Morgan fingerprint density at radius 2 is 2.05 bits per heavy atom. The number of halogens is 1. The Morgan fingerprint density at radius 3 is 2.68 bits per heavy atom. The van der Waals surface area contributed by atoms with Gasteiger partial charge in [-0.15, -0.1) is 12.4 Å². The Kier molecular flexibility index (Phi) is 7.73. The third-order valence-electron chi connectivity index (χ3n) is 4.23. The highest BCUT2D eigenvalue weighted by Gasteiger charge is 2.19. The van der Waals surface area contributed by atoms with Gasteiger partial charge in [-0.3, -0.25) is 9.69 Å². The Bertz CT molecular complexity index is 261. The Hall–Kier alpha value is -0.320. The Morgan fingerprint density at radius 1 is 1.32 bits per heavy atom. The number of hydrogen-bond donors (Lipinski definition) is 2. The van der Waals surface area contributed by atoms with Gasteiger partial charge in [0, 0.05) is 6.54 Å². The molecule has 0 aromatic heterocycles. The maximum atomic E-state index is 11.9. The zero-order chi connectivity index (χ0) is 12.8. The first-order valence-corrected chi connectivity index (χ1v) is 7.44. The maximum Gasteiger partial charge on any atom is 0.234 e. The van der Waals surface area contributed by atoms with Crippen molar-refractivity contribution < 1.29 is 4.79 Å². The standard InChI is InChI=1S/C14H27N3O.ClH/c1-12-4-7-17(8-5-12)11-14(18)16-10-13-3-2-6-15-9-13;/h12-13,15H,2-11H2,1H3,(H,16,18);1H. The number of piperidine rings is 2. The van der Waals surface area contributed by atoms with Crippen LogP contribution in [0.5, 0.6) is 0 Å². The van der Waals surface area contributed by atoms with Crippen LogP contribution in [-0.4, -0.2) is 50.1 Å². The number of likely N-dealkylation sites (tertiary alicyclic amines) is 1. The van der Waals surface area contributed by atoms with E-state index in [0.29, 0.717) is 12.5 Å². The van der Waals surface area contributed by atoms with Gasteiger partial charge in [-0.1, -0.05) is 6.92 Å². The van der Waals surface area contributed by atoms with Crippen LogP contribution in [0, 0.1) is 11.8 Å². The van der Waals surface area contributed by atoms with E-state index in [0.717, 1.165) is 38.6 Å². The fourth-order valence-corrected chi connectivity index (χ4v) is 2.84. The number of carbonyl (C=O) groups excluding carboxylic acids is 1. The van der Waals surface area contributed by atoms with Crippen molar-refractivity contribution in [1.82, 2.24) is 15.5 Å².